The van der Waals surface area contributed by atoms with E-state index in [9.17, 15) is 0 Å². The van der Waals surface area contributed by atoms with Crippen LogP contribution in [0.15, 0.2) is 71.9 Å². The normalized spacial score (nSPS) is 18.1. The lowest BCUT2D eigenvalue weighted by molar-refractivity contribution is 0.105. The Kier molecular flexibility index (Phi) is 2.92. The first-order valence-corrected chi connectivity index (χ1v) is 6.30. The Balaban J connectivity index is 1.88. The molecule has 0 amide bonds. The maximum atomic E-state index is 5.54. The molecule has 2 aromatic carbocycles. The fourth-order valence-electron chi connectivity index (χ4n) is 2.19. The van der Waals surface area contributed by atoms with Crippen molar-refractivity contribution < 1.29 is 4.84 Å². The predicted molar refractivity (Wildman–Crippen MR) is 77.1 cm³/mol. The van der Waals surface area contributed by atoms with Crippen LogP contribution in [-0.4, -0.2) is 5.71 Å². The molecule has 1 aliphatic rings. The minimum absolute atomic E-state index is 0.169. The van der Waals surface area contributed by atoms with Crippen molar-refractivity contribution in [2.24, 2.45) is 5.16 Å². The molecule has 0 saturated heterocycles. The van der Waals surface area contributed by atoms with Gasteiger partial charge in [0, 0.05) is 11.1 Å². The average molecular weight is 249 g/mol. The summed E-state index contributed by atoms with van der Waals surface area (Å²) < 4.78 is 0. The Labute approximate surface area is 113 Å². The Morgan fingerprint density at radius 1 is 1.00 bits per heavy atom. The monoisotopic (exact) mass is 249 g/mol. The molecule has 0 N–H and O–H groups in total. The zero-order chi connectivity index (χ0) is 13.2. The molecule has 1 heterocycles. The van der Waals surface area contributed by atoms with Gasteiger partial charge in [-0.25, -0.2) is 0 Å². The molecule has 2 heteroatoms. The Morgan fingerprint density at radius 2 is 1.68 bits per heavy atom. The van der Waals surface area contributed by atoms with Crippen LogP contribution in [0.1, 0.15) is 22.8 Å². The van der Waals surface area contributed by atoms with Gasteiger partial charge in [-0.05, 0) is 12.5 Å². The zero-order valence-corrected chi connectivity index (χ0v) is 10.8. The summed E-state index contributed by atoms with van der Waals surface area (Å²) in [7, 11) is 0. The number of hydrogen-bond acceptors (Lipinski definition) is 2. The summed E-state index contributed by atoms with van der Waals surface area (Å²) in [5.74, 6) is 0. The molecule has 3 rings (SSSR count). The van der Waals surface area contributed by atoms with E-state index in [1.807, 2.05) is 30.3 Å². The SMILES string of the molecule is C=C1C(c2ccc(C)cc2)=NOC1c1ccccc1. The second kappa shape index (κ2) is 4.73. The molecule has 0 radical (unpaired) electrons. The first-order valence-electron chi connectivity index (χ1n) is 6.30. The van der Waals surface area contributed by atoms with Gasteiger partial charge in [-0.1, -0.05) is 71.9 Å². The van der Waals surface area contributed by atoms with Crippen molar-refractivity contribution in [2.75, 3.05) is 0 Å². The summed E-state index contributed by atoms with van der Waals surface area (Å²) in [6.45, 7) is 6.20. The lowest BCUT2D eigenvalue weighted by Gasteiger charge is -2.10. The van der Waals surface area contributed by atoms with E-state index in [-0.39, 0.29) is 6.10 Å². The molecule has 2 aromatic rings. The van der Waals surface area contributed by atoms with Crippen LogP contribution in [-0.2, 0) is 4.84 Å². The highest BCUT2D eigenvalue weighted by atomic mass is 16.6. The average Bonchev–Trinajstić information content (AvgIpc) is 2.83. The van der Waals surface area contributed by atoms with Crippen molar-refractivity contribution in [3.63, 3.8) is 0 Å². The Morgan fingerprint density at radius 3 is 2.37 bits per heavy atom. The lowest BCUT2D eigenvalue weighted by Crippen LogP contribution is -2.05. The fraction of sp³-hybridized carbons (Fsp3) is 0.118. The van der Waals surface area contributed by atoms with Gasteiger partial charge in [0.1, 0.15) is 5.71 Å². The number of rotatable bonds is 2. The summed E-state index contributed by atoms with van der Waals surface area (Å²) in [5.41, 5.74) is 5.12. The van der Waals surface area contributed by atoms with Gasteiger partial charge in [-0.15, -0.1) is 0 Å². The molecule has 1 unspecified atom stereocenters. The van der Waals surface area contributed by atoms with Gasteiger partial charge in [0.2, 0.25) is 0 Å². The van der Waals surface area contributed by atoms with Gasteiger partial charge in [-0.3, -0.25) is 0 Å². The molecule has 2 nitrogen and oxygen atoms in total. The molecule has 0 bridgehead atoms. The molecule has 0 saturated carbocycles. The van der Waals surface area contributed by atoms with Crippen LogP contribution in [0.3, 0.4) is 0 Å². The fourth-order valence-corrected chi connectivity index (χ4v) is 2.19. The maximum absolute atomic E-state index is 5.54. The van der Waals surface area contributed by atoms with Crippen LogP contribution in [0.2, 0.25) is 0 Å². The summed E-state index contributed by atoms with van der Waals surface area (Å²) in [6, 6.07) is 18.3. The van der Waals surface area contributed by atoms with E-state index in [1.54, 1.807) is 0 Å². The van der Waals surface area contributed by atoms with Crippen molar-refractivity contribution in [1.29, 1.82) is 0 Å². The summed E-state index contributed by atoms with van der Waals surface area (Å²) in [5, 5.41) is 4.19. The van der Waals surface area contributed by atoms with Gasteiger partial charge in [0.15, 0.2) is 6.10 Å². The Bertz CT molecular complexity index is 626. The van der Waals surface area contributed by atoms with E-state index < -0.39 is 0 Å². The minimum Gasteiger partial charge on any atom is -0.382 e. The minimum atomic E-state index is -0.169. The molecule has 0 aromatic heterocycles. The highest BCUT2D eigenvalue weighted by Crippen LogP contribution is 2.33. The molecule has 1 atom stereocenters. The Hall–Kier alpha value is -2.35. The lowest BCUT2D eigenvalue weighted by atomic mass is 9.95. The second-order valence-corrected chi connectivity index (χ2v) is 4.73. The predicted octanol–water partition coefficient (Wildman–Crippen LogP) is 4.03. The highest BCUT2D eigenvalue weighted by molar-refractivity contribution is 6.13. The van der Waals surface area contributed by atoms with Gasteiger partial charge in [0.25, 0.3) is 0 Å². The summed E-state index contributed by atoms with van der Waals surface area (Å²) >= 11 is 0. The first-order chi connectivity index (χ1) is 9.25. The number of aryl methyl sites for hydroxylation is 1. The van der Waals surface area contributed by atoms with Gasteiger partial charge >= 0.3 is 0 Å². The third kappa shape index (κ3) is 2.17. The van der Waals surface area contributed by atoms with E-state index in [4.69, 9.17) is 4.84 Å². The van der Waals surface area contributed by atoms with Crippen LogP contribution in [0, 0.1) is 6.92 Å². The smallest absolute Gasteiger partial charge is 0.179 e. The molecule has 1 aliphatic heterocycles. The number of oxime groups is 1. The van der Waals surface area contributed by atoms with Crippen molar-refractivity contribution >= 4 is 5.71 Å². The van der Waals surface area contributed by atoms with Gasteiger partial charge < -0.3 is 4.84 Å². The van der Waals surface area contributed by atoms with Crippen molar-refractivity contribution in [3.05, 3.63) is 83.4 Å². The van der Waals surface area contributed by atoms with Gasteiger partial charge in [-0.2, -0.15) is 0 Å². The molecule has 19 heavy (non-hydrogen) atoms. The quantitative estimate of drug-likeness (QED) is 0.787. The molecule has 0 fully saturated rings. The van der Waals surface area contributed by atoms with Crippen LogP contribution in [0.4, 0.5) is 0 Å². The maximum Gasteiger partial charge on any atom is 0.179 e. The van der Waals surface area contributed by atoms with Gasteiger partial charge in [0.05, 0.1) is 0 Å². The van der Waals surface area contributed by atoms with Crippen LogP contribution in [0.25, 0.3) is 0 Å². The van der Waals surface area contributed by atoms with Crippen LogP contribution in [0.5, 0.6) is 0 Å². The van der Waals surface area contributed by atoms with Crippen molar-refractivity contribution in [3.8, 4) is 0 Å². The third-order valence-electron chi connectivity index (χ3n) is 3.30. The van der Waals surface area contributed by atoms with E-state index in [2.05, 4.69) is 42.9 Å². The van der Waals surface area contributed by atoms with Crippen LogP contribution >= 0.6 is 0 Å². The standard InChI is InChI=1S/C17H15NO/c1-12-8-10-14(11-9-12)16-13(2)17(19-18-16)15-6-4-3-5-7-15/h3-11,17H,2H2,1H3. The zero-order valence-electron chi connectivity index (χ0n) is 10.8. The molecular formula is C17H15NO. The topological polar surface area (TPSA) is 21.6 Å². The second-order valence-electron chi connectivity index (χ2n) is 4.73. The number of hydrogen-bond donors (Lipinski definition) is 0. The summed E-state index contributed by atoms with van der Waals surface area (Å²) in [6.07, 6.45) is -0.169. The number of nitrogens with zero attached hydrogens (tertiary/aromatic N) is 1. The molecule has 94 valence electrons. The first kappa shape index (κ1) is 11.7. The van der Waals surface area contributed by atoms with E-state index in [1.165, 1.54) is 5.56 Å². The van der Waals surface area contributed by atoms with Crippen molar-refractivity contribution in [1.82, 2.24) is 0 Å². The third-order valence-corrected chi connectivity index (χ3v) is 3.30. The summed E-state index contributed by atoms with van der Waals surface area (Å²) in [4.78, 5) is 5.54. The van der Waals surface area contributed by atoms with Crippen molar-refractivity contribution in [2.45, 2.75) is 13.0 Å². The molecule has 0 spiro atoms. The van der Waals surface area contributed by atoms with E-state index in [0.717, 1.165) is 22.4 Å². The molecular weight excluding hydrogens is 234 g/mol. The largest absolute Gasteiger partial charge is 0.382 e. The number of benzene rings is 2. The molecule has 0 aliphatic carbocycles. The van der Waals surface area contributed by atoms with Crippen LogP contribution < -0.4 is 0 Å². The van der Waals surface area contributed by atoms with E-state index in [0.29, 0.717) is 0 Å². The van der Waals surface area contributed by atoms with E-state index >= 15 is 0 Å². The highest BCUT2D eigenvalue weighted by Gasteiger charge is 2.28.